The molecule has 1 saturated carbocycles. The Morgan fingerprint density at radius 2 is 1.94 bits per heavy atom. The molecule has 0 bridgehead atoms. The van der Waals surface area contributed by atoms with Gasteiger partial charge in [0.15, 0.2) is 15.5 Å². The zero-order valence-corrected chi connectivity index (χ0v) is 20.5. The first-order valence-corrected chi connectivity index (χ1v) is 13.8. The Kier molecular flexibility index (Phi) is 5.16. The number of pyridine rings is 1. The van der Waals surface area contributed by atoms with Gasteiger partial charge in [0.1, 0.15) is 0 Å². The maximum atomic E-state index is 14.0. The van der Waals surface area contributed by atoms with Crippen LogP contribution in [0, 0.1) is 13.8 Å². The maximum Gasteiger partial charge on any atom is 0.255 e. The largest absolute Gasteiger partial charge is 0.332 e. The fourth-order valence-electron chi connectivity index (χ4n) is 4.71. The van der Waals surface area contributed by atoms with Crippen LogP contribution in [0.1, 0.15) is 59.3 Å². The number of amides is 1. The number of sulfone groups is 1. The van der Waals surface area contributed by atoms with Crippen LogP contribution in [0.3, 0.4) is 0 Å². The van der Waals surface area contributed by atoms with Crippen LogP contribution in [0.15, 0.2) is 18.3 Å². The molecule has 170 valence electrons. The molecule has 1 atom stereocenters. The highest BCUT2D eigenvalue weighted by atomic mass is 32.2. The normalized spacial score (nSPS) is 20.3. The summed E-state index contributed by atoms with van der Waals surface area (Å²) in [7, 11) is -3.09. The number of aromatic nitrogens is 3. The zero-order valence-electron chi connectivity index (χ0n) is 18.8. The molecule has 1 saturated heterocycles. The number of fused-ring (bicyclic) bond motifs is 1. The van der Waals surface area contributed by atoms with Gasteiger partial charge in [0.05, 0.1) is 34.3 Å². The number of hydrogen-bond acceptors (Lipinski definition) is 6. The summed E-state index contributed by atoms with van der Waals surface area (Å²) in [5.74, 6) is 0.116. The lowest BCUT2D eigenvalue weighted by molar-refractivity contribution is 0.0683. The van der Waals surface area contributed by atoms with Crippen LogP contribution in [-0.4, -0.2) is 57.6 Å². The van der Waals surface area contributed by atoms with E-state index in [2.05, 4.69) is 25.0 Å². The lowest BCUT2D eigenvalue weighted by Crippen LogP contribution is -2.42. The molecule has 0 aromatic carbocycles. The lowest BCUT2D eigenvalue weighted by atomic mass is 10.0. The standard InChI is InChI=1S/C23H28N4O3S2/c1-13(2)27-22-20(11-24-27)19(10-21(25-22)18-9-14(3)31-15(18)4)23(28)26(16-5-6-16)17-7-8-32(29,30)12-17/h9-11,13,16-17H,5-8,12H2,1-4H3. The minimum atomic E-state index is -3.09. The number of carbonyl (C=O) groups excluding carboxylic acids is 1. The van der Waals surface area contributed by atoms with Crippen molar-refractivity contribution in [1.82, 2.24) is 19.7 Å². The van der Waals surface area contributed by atoms with E-state index in [-0.39, 0.29) is 35.5 Å². The Bertz CT molecular complexity index is 1320. The van der Waals surface area contributed by atoms with Crippen molar-refractivity contribution in [3.63, 3.8) is 0 Å². The monoisotopic (exact) mass is 472 g/mol. The van der Waals surface area contributed by atoms with E-state index >= 15 is 0 Å². The average Bonchev–Trinajstić information content (AvgIpc) is 3.19. The first-order valence-electron chi connectivity index (χ1n) is 11.1. The van der Waals surface area contributed by atoms with Crippen molar-refractivity contribution < 1.29 is 13.2 Å². The predicted molar refractivity (Wildman–Crippen MR) is 127 cm³/mol. The second-order valence-electron chi connectivity index (χ2n) is 9.30. The van der Waals surface area contributed by atoms with Gasteiger partial charge in [-0.2, -0.15) is 5.10 Å². The first kappa shape index (κ1) is 21.6. The third-order valence-electron chi connectivity index (χ3n) is 6.38. The third-order valence-corrected chi connectivity index (χ3v) is 9.10. The minimum absolute atomic E-state index is 0.0599. The molecule has 1 aliphatic carbocycles. The van der Waals surface area contributed by atoms with Crippen molar-refractivity contribution in [1.29, 1.82) is 0 Å². The highest BCUT2D eigenvalue weighted by Gasteiger charge is 2.43. The highest BCUT2D eigenvalue weighted by molar-refractivity contribution is 7.91. The van der Waals surface area contributed by atoms with E-state index in [1.165, 1.54) is 4.88 Å². The summed E-state index contributed by atoms with van der Waals surface area (Å²) < 4.78 is 26.2. The van der Waals surface area contributed by atoms with Crippen LogP contribution in [0.2, 0.25) is 0 Å². The number of rotatable bonds is 5. The fraction of sp³-hybridized carbons (Fsp3) is 0.522. The van der Waals surface area contributed by atoms with E-state index in [1.807, 2.05) is 29.5 Å². The Balaban J connectivity index is 1.66. The van der Waals surface area contributed by atoms with Crippen molar-refractivity contribution >= 4 is 38.1 Å². The van der Waals surface area contributed by atoms with Gasteiger partial charge in [0.25, 0.3) is 5.91 Å². The molecule has 32 heavy (non-hydrogen) atoms. The number of nitrogens with zero attached hydrogens (tertiary/aromatic N) is 4. The topological polar surface area (TPSA) is 85.2 Å². The molecule has 4 heterocycles. The van der Waals surface area contributed by atoms with Gasteiger partial charge in [-0.25, -0.2) is 18.1 Å². The molecule has 1 unspecified atom stereocenters. The molecule has 1 aliphatic heterocycles. The second-order valence-corrected chi connectivity index (χ2v) is 13.0. The van der Waals surface area contributed by atoms with Gasteiger partial charge in [0.2, 0.25) is 0 Å². The third kappa shape index (κ3) is 3.75. The molecular weight excluding hydrogens is 444 g/mol. The molecule has 3 aromatic rings. The Hall–Kier alpha value is -2.26. The molecule has 0 spiro atoms. The van der Waals surface area contributed by atoms with Gasteiger partial charge in [0, 0.05) is 33.4 Å². The van der Waals surface area contributed by atoms with Gasteiger partial charge in [-0.3, -0.25) is 4.79 Å². The predicted octanol–water partition coefficient (Wildman–Crippen LogP) is 4.15. The van der Waals surface area contributed by atoms with Crippen LogP contribution in [-0.2, 0) is 9.84 Å². The Morgan fingerprint density at radius 1 is 1.19 bits per heavy atom. The number of thiophene rings is 1. The van der Waals surface area contributed by atoms with Gasteiger partial charge < -0.3 is 4.90 Å². The Morgan fingerprint density at radius 3 is 2.50 bits per heavy atom. The smallest absolute Gasteiger partial charge is 0.255 e. The average molecular weight is 473 g/mol. The SMILES string of the molecule is Cc1cc(-c2cc(C(=O)N(C3CC3)C3CCS(=O)(=O)C3)c3cnn(C(C)C)c3n2)c(C)s1. The maximum absolute atomic E-state index is 14.0. The first-order chi connectivity index (χ1) is 15.1. The van der Waals surface area contributed by atoms with Crippen molar-refractivity contribution in [2.24, 2.45) is 0 Å². The van der Waals surface area contributed by atoms with Gasteiger partial charge >= 0.3 is 0 Å². The van der Waals surface area contributed by atoms with Crippen LogP contribution in [0.25, 0.3) is 22.3 Å². The van der Waals surface area contributed by atoms with Crippen LogP contribution in [0.4, 0.5) is 0 Å². The molecule has 5 rings (SSSR count). The van der Waals surface area contributed by atoms with Crippen molar-refractivity contribution in [3.8, 4) is 11.3 Å². The molecule has 2 aliphatic rings. The van der Waals surface area contributed by atoms with E-state index in [4.69, 9.17) is 4.98 Å². The van der Waals surface area contributed by atoms with Crippen LogP contribution >= 0.6 is 11.3 Å². The summed E-state index contributed by atoms with van der Waals surface area (Å²) in [6, 6.07) is 3.96. The van der Waals surface area contributed by atoms with Crippen molar-refractivity contribution in [2.75, 3.05) is 11.5 Å². The van der Waals surface area contributed by atoms with Crippen molar-refractivity contribution in [2.45, 2.75) is 65.1 Å². The fourth-order valence-corrected chi connectivity index (χ4v) is 7.36. The molecule has 3 aromatic heterocycles. The molecule has 9 heteroatoms. The van der Waals surface area contributed by atoms with E-state index < -0.39 is 9.84 Å². The molecule has 0 N–H and O–H groups in total. The summed E-state index contributed by atoms with van der Waals surface area (Å²) in [4.78, 5) is 23.1. The highest BCUT2D eigenvalue weighted by Crippen LogP contribution is 2.37. The van der Waals surface area contributed by atoms with Crippen LogP contribution < -0.4 is 0 Å². The van der Waals surface area contributed by atoms with E-state index in [1.54, 1.807) is 17.5 Å². The molecule has 2 fully saturated rings. The summed E-state index contributed by atoms with van der Waals surface area (Å²) in [5.41, 5.74) is 3.05. The molecule has 1 amide bonds. The number of aryl methyl sites for hydroxylation is 2. The molecular formula is C23H28N4O3S2. The zero-order chi connectivity index (χ0) is 22.8. The number of carbonyl (C=O) groups is 1. The second kappa shape index (κ2) is 7.66. The lowest BCUT2D eigenvalue weighted by Gasteiger charge is -2.28. The minimum Gasteiger partial charge on any atom is -0.332 e. The Labute approximate surface area is 192 Å². The van der Waals surface area contributed by atoms with E-state index in [0.717, 1.165) is 34.4 Å². The summed E-state index contributed by atoms with van der Waals surface area (Å²) >= 11 is 1.71. The summed E-state index contributed by atoms with van der Waals surface area (Å²) in [5, 5.41) is 5.26. The summed E-state index contributed by atoms with van der Waals surface area (Å²) in [6.45, 7) is 8.23. The van der Waals surface area contributed by atoms with Crippen LogP contribution in [0.5, 0.6) is 0 Å². The summed E-state index contributed by atoms with van der Waals surface area (Å²) in [6.07, 6.45) is 4.09. The molecule has 7 nitrogen and oxygen atoms in total. The quantitative estimate of drug-likeness (QED) is 0.557. The van der Waals surface area contributed by atoms with Gasteiger partial charge in [-0.15, -0.1) is 11.3 Å². The van der Waals surface area contributed by atoms with Gasteiger partial charge in [-0.05, 0) is 59.1 Å². The van der Waals surface area contributed by atoms with Gasteiger partial charge in [-0.1, -0.05) is 0 Å². The van der Waals surface area contributed by atoms with Crippen molar-refractivity contribution in [3.05, 3.63) is 33.6 Å². The molecule has 0 radical (unpaired) electrons. The van der Waals surface area contributed by atoms with E-state index in [0.29, 0.717) is 17.6 Å². The van der Waals surface area contributed by atoms with E-state index in [9.17, 15) is 13.2 Å². The number of hydrogen-bond donors (Lipinski definition) is 0.